The van der Waals surface area contributed by atoms with Crippen LogP contribution in [-0.4, -0.2) is 49.5 Å². The number of hydrogen-bond donors (Lipinski definition) is 2. The highest BCUT2D eigenvalue weighted by atomic mass is 32.2. The monoisotopic (exact) mass is 332 g/mol. The molecule has 0 bridgehead atoms. The second-order valence-electron chi connectivity index (χ2n) is 5.89. The van der Waals surface area contributed by atoms with Gasteiger partial charge in [0.05, 0.1) is 12.6 Å². The second-order valence-corrected chi connectivity index (χ2v) is 9.11. The summed E-state index contributed by atoms with van der Waals surface area (Å²) in [7, 11) is -2.23. The van der Waals surface area contributed by atoms with E-state index in [9.17, 15) is 18.3 Å². The van der Waals surface area contributed by atoms with Gasteiger partial charge in [-0.15, -0.1) is 11.3 Å². The number of aliphatic hydroxyl groups is 1. The number of nitrogens with zero attached hydrogens (tertiary/aromatic N) is 1. The van der Waals surface area contributed by atoms with E-state index >= 15 is 0 Å². The molecule has 0 spiro atoms. The number of carbonyl (C=O) groups is 1. The molecule has 0 radical (unpaired) electrons. The Balaban J connectivity index is 1.94. The summed E-state index contributed by atoms with van der Waals surface area (Å²) in [5.41, 5.74) is -0.374. The lowest BCUT2D eigenvalue weighted by Gasteiger charge is -2.49. The van der Waals surface area contributed by atoms with E-state index in [0.29, 0.717) is 6.42 Å². The number of carbonyl (C=O) groups excluding carboxylic acids is 1. The quantitative estimate of drug-likeness (QED) is 0.829. The number of thiophene rings is 1. The fourth-order valence-corrected chi connectivity index (χ4v) is 4.57. The van der Waals surface area contributed by atoms with Gasteiger partial charge >= 0.3 is 0 Å². The maximum atomic E-state index is 12.2. The van der Waals surface area contributed by atoms with E-state index < -0.39 is 16.1 Å². The largest absolute Gasteiger partial charge is 0.392 e. The molecule has 1 heterocycles. The van der Waals surface area contributed by atoms with Crippen molar-refractivity contribution < 1.29 is 18.3 Å². The van der Waals surface area contributed by atoms with Crippen molar-refractivity contribution in [3.8, 4) is 0 Å². The van der Waals surface area contributed by atoms with Crippen LogP contribution in [0.5, 0.6) is 0 Å². The lowest BCUT2D eigenvalue weighted by Crippen LogP contribution is -2.62. The summed E-state index contributed by atoms with van der Waals surface area (Å²) in [6, 6.07) is 3.04. The Morgan fingerprint density at radius 2 is 2.24 bits per heavy atom. The zero-order chi connectivity index (χ0) is 15.8. The zero-order valence-electron chi connectivity index (χ0n) is 12.2. The maximum absolute atomic E-state index is 12.2. The van der Waals surface area contributed by atoms with E-state index in [4.69, 9.17) is 0 Å². The molecule has 1 fully saturated rings. The van der Waals surface area contributed by atoms with Crippen molar-refractivity contribution in [2.24, 2.45) is 5.41 Å². The second kappa shape index (κ2) is 5.68. The molecule has 1 saturated carbocycles. The molecule has 2 N–H and O–H groups in total. The first kappa shape index (κ1) is 16.4. The Morgan fingerprint density at radius 3 is 2.71 bits per heavy atom. The van der Waals surface area contributed by atoms with Crippen LogP contribution in [0, 0.1) is 5.41 Å². The summed E-state index contributed by atoms with van der Waals surface area (Å²) in [6.07, 6.45) is 0.0653. The van der Waals surface area contributed by atoms with Gasteiger partial charge in [0.25, 0.3) is 10.0 Å². The number of likely N-dealkylation sites (N-methyl/N-ethyl adjacent to an activating group) is 1. The van der Waals surface area contributed by atoms with Gasteiger partial charge in [-0.25, -0.2) is 8.42 Å². The molecule has 0 saturated heterocycles. The van der Waals surface area contributed by atoms with E-state index in [2.05, 4.69) is 5.32 Å². The Bertz CT molecular complexity index is 610. The summed E-state index contributed by atoms with van der Waals surface area (Å²) in [5.74, 6) is -0.359. The molecule has 1 aromatic rings. The number of amides is 1. The smallest absolute Gasteiger partial charge is 0.252 e. The van der Waals surface area contributed by atoms with Gasteiger partial charge in [0.2, 0.25) is 5.91 Å². The molecule has 1 aliphatic carbocycles. The maximum Gasteiger partial charge on any atom is 0.252 e. The molecule has 2 unspecified atom stereocenters. The third kappa shape index (κ3) is 3.13. The van der Waals surface area contributed by atoms with Gasteiger partial charge in [-0.05, 0) is 17.9 Å². The van der Waals surface area contributed by atoms with E-state index in [-0.39, 0.29) is 28.1 Å². The standard InChI is InChI=1S/C13H20N2O4S2/c1-13(2)9(7-10(13)16)14-11(17)8-15(3)21(18,19)12-5-4-6-20-12/h4-6,9-10,16H,7-8H2,1-3H3,(H,14,17). The first-order valence-electron chi connectivity index (χ1n) is 6.63. The molecule has 6 nitrogen and oxygen atoms in total. The Morgan fingerprint density at radius 1 is 1.57 bits per heavy atom. The average Bonchev–Trinajstić information content (AvgIpc) is 2.92. The van der Waals surface area contributed by atoms with Crippen molar-refractivity contribution >= 4 is 27.3 Å². The van der Waals surface area contributed by atoms with E-state index in [0.717, 1.165) is 15.6 Å². The van der Waals surface area contributed by atoms with E-state index in [1.807, 2.05) is 13.8 Å². The molecule has 1 aromatic heterocycles. The van der Waals surface area contributed by atoms with Crippen LogP contribution in [0.2, 0.25) is 0 Å². The SMILES string of the molecule is CN(CC(=O)NC1CC(O)C1(C)C)S(=O)(=O)c1cccs1. The van der Waals surface area contributed by atoms with E-state index in [1.165, 1.54) is 13.1 Å². The number of nitrogens with one attached hydrogen (secondary N) is 1. The summed E-state index contributed by atoms with van der Waals surface area (Å²) in [5, 5.41) is 14.1. The molecular weight excluding hydrogens is 312 g/mol. The Labute approximate surface area is 128 Å². The number of aliphatic hydroxyl groups excluding tert-OH is 1. The van der Waals surface area contributed by atoms with Gasteiger partial charge in [-0.1, -0.05) is 19.9 Å². The first-order chi connectivity index (χ1) is 9.65. The predicted octanol–water partition coefficient (Wildman–Crippen LogP) is 0.644. The summed E-state index contributed by atoms with van der Waals surface area (Å²) < 4.78 is 25.6. The number of rotatable bonds is 5. The van der Waals surface area contributed by atoms with E-state index in [1.54, 1.807) is 11.4 Å². The normalized spacial score (nSPS) is 24.6. The fraction of sp³-hybridized carbons (Fsp3) is 0.615. The summed E-state index contributed by atoms with van der Waals surface area (Å²) in [6.45, 7) is 3.51. The molecule has 1 aliphatic rings. The molecule has 1 amide bonds. The lowest BCUT2D eigenvalue weighted by molar-refractivity contribution is -0.129. The summed E-state index contributed by atoms with van der Waals surface area (Å²) in [4.78, 5) is 12.0. The van der Waals surface area contributed by atoms with Crippen LogP contribution in [0.1, 0.15) is 20.3 Å². The highest BCUT2D eigenvalue weighted by molar-refractivity contribution is 7.91. The van der Waals surface area contributed by atoms with Crippen LogP contribution < -0.4 is 5.32 Å². The van der Waals surface area contributed by atoms with Gasteiger partial charge in [0, 0.05) is 18.5 Å². The van der Waals surface area contributed by atoms with Gasteiger partial charge in [0.1, 0.15) is 4.21 Å². The Kier molecular flexibility index (Phi) is 4.44. The van der Waals surface area contributed by atoms with Crippen molar-refractivity contribution in [1.29, 1.82) is 0 Å². The third-order valence-corrected chi connectivity index (χ3v) is 7.25. The molecule has 0 aliphatic heterocycles. The first-order valence-corrected chi connectivity index (χ1v) is 8.95. The minimum atomic E-state index is -3.61. The lowest BCUT2D eigenvalue weighted by atomic mass is 9.64. The molecule has 2 rings (SSSR count). The molecule has 0 aromatic carbocycles. The van der Waals surface area contributed by atoms with Crippen molar-refractivity contribution in [3.63, 3.8) is 0 Å². The number of sulfonamides is 1. The topological polar surface area (TPSA) is 86.7 Å². The molecule has 8 heteroatoms. The van der Waals surface area contributed by atoms with Crippen molar-refractivity contribution in [3.05, 3.63) is 17.5 Å². The third-order valence-electron chi connectivity index (χ3n) is 4.08. The highest BCUT2D eigenvalue weighted by Gasteiger charge is 2.48. The van der Waals surface area contributed by atoms with Gasteiger partial charge in [-0.3, -0.25) is 4.79 Å². The fourth-order valence-electron chi connectivity index (χ4n) is 2.24. The van der Waals surface area contributed by atoms with Crippen molar-refractivity contribution in [2.45, 2.75) is 36.6 Å². The molecule has 21 heavy (non-hydrogen) atoms. The molecular formula is C13H20N2O4S2. The van der Waals surface area contributed by atoms with Gasteiger partial charge < -0.3 is 10.4 Å². The average molecular weight is 332 g/mol. The minimum Gasteiger partial charge on any atom is -0.392 e. The number of hydrogen-bond acceptors (Lipinski definition) is 5. The van der Waals surface area contributed by atoms with Crippen LogP contribution in [0.25, 0.3) is 0 Å². The van der Waals surface area contributed by atoms with Crippen LogP contribution >= 0.6 is 11.3 Å². The minimum absolute atomic E-state index is 0.127. The van der Waals surface area contributed by atoms with Gasteiger partial charge in [0.15, 0.2) is 0 Å². The van der Waals surface area contributed by atoms with Crippen molar-refractivity contribution in [1.82, 2.24) is 9.62 Å². The molecule has 2 atom stereocenters. The predicted molar refractivity (Wildman–Crippen MR) is 80.5 cm³/mol. The molecule has 118 valence electrons. The van der Waals surface area contributed by atoms with Gasteiger partial charge in [-0.2, -0.15) is 4.31 Å². The highest BCUT2D eigenvalue weighted by Crippen LogP contribution is 2.40. The zero-order valence-corrected chi connectivity index (χ0v) is 13.9. The Hall–Kier alpha value is -0.960. The van der Waals surface area contributed by atoms with Crippen LogP contribution in [0.4, 0.5) is 0 Å². The summed E-state index contributed by atoms with van der Waals surface area (Å²) >= 11 is 1.12. The van der Waals surface area contributed by atoms with Crippen LogP contribution in [0.3, 0.4) is 0 Å². The van der Waals surface area contributed by atoms with Crippen molar-refractivity contribution in [2.75, 3.05) is 13.6 Å². The van der Waals surface area contributed by atoms with Crippen LogP contribution in [0.15, 0.2) is 21.7 Å². The van der Waals surface area contributed by atoms with Crippen LogP contribution in [-0.2, 0) is 14.8 Å².